The van der Waals surface area contributed by atoms with Gasteiger partial charge in [-0.25, -0.2) is 17.8 Å². The van der Waals surface area contributed by atoms with Crippen molar-refractivity contribution in [2.24, 2.45) is 0 Å². The van der Waals surface area contributed by atoms with Crippen LogP contribution in [0.5, 0.6) is 0 Å². The molecular formula is C17H18FN3O2S2. The van der Waals surface area contributed by atoms with Gasteiger partial charge in [0, 0.05) is 35.0 Å². The second-order valence-corrected chi connectivity index (χ2v) is 8.90. The van der Waals surface area contributed by atoms with Crippen LogP contribution in [0.1, 0.15) is 17.7 Å². The fourth-order valence-corrected chi connectivity index (χ4v) is 5.56. The van der Waals surface area contributed by atoms with Crippen LogP contribution in [0.25, 0.3) is 5.57 Å². The van der Waals surface area contributed by atoms with Gasteiger partial charge in [0.2, 0.25) is 9.84 Å². The third-order valence-electron chi connectivity index (χ3n) is 4.66. The van der Waals surface area contributed by atoms with Crippen molar-refractivity contribution in [3.8, 4) is 0 Å². The van der Waals surface area contributed by atoms with Crippen LogP contribution >= 0.6 is 11.3 Å². The molecule has 0 bridgehead atoms. The Bertz CT molecular complexity index is 925. The summed E-state index contributed by atoms with van der Waals surface area (Å²) in [5.41, 5.74) is 4.01. The number of rotatable bonds is 3. The highest BCUT2D eigenvalue weighted by atomic mass is 32.2. The Kier molecular flexibility index (Phi) is 4.13. The Morgan fingerprint density at radius 2 is 2.24 bits per heavy atom. The Morgan fingerprint density at radius 1 is 1.40 bits per heavy atom. The quantitative estimate of drug-likeness (QED) is 0.889. The Labute approximate surface area is 150 Å². The molecule has 1 N–H and O–H groups in total. The third kappa shape index (κ3) is 2.98. The SMILES string of the molecule is CN1CC[C@H](Nc2cccc3c2S(=O)(=O)C=C3c2cscn2)[C@@H](F)C1. The lowest BCUT2D eigenvalue weighted by Crippen LogP contribution is -2.46. The average molecular weight is 379 g/mol. The van der Waals surface area contributed by atoms with E-state index in [1.54, 1.807) is 23.7 Å². The molecule has 2 atom stereocenters. The molecular weight excluding hydrogens is 361 g/mol. The lowest BCUT2D eigenvalue weighted by Gasteiger charge is -2.33. The number of fused-ring (bicyclic) bond motifs is 1. The number of nitrogens with one attached hydrogen (secondary N) is 1. The fraction of sp³-hybridized carbons (Fsp3) is 0.353. The molecule has 1 aromatic carbocycles. The van der Waals surface area contributed by atoms with Gasteiger partial charge in [-0.1, -0.05) is 12.1 Å². The molecule has 0 aliphatic carbocycles. The minimum Gasteiger partial charge on any atom is -0.378 e. The summed E-state index contributed by atoms with van der Waals surface area (Å²) >= 11 is 1.42. The van der Waals surface area contributed by atoms with Gasteiger partial charge in [0.1, 0.15) is 11.1 Å². The number of anilines is 1. The highest BCUT2D eigenvalue weighted by Gasteiger charge is 2.34. The van der Waals surface area contributed by atoms with E-state index < -0.39 is 16.0 Å². The van der Waals surface area contributed by atoms with Crippen LogP contribution in [0.2, 0.25) is 0 Å². The predicted octanol–water partition coefficient (Wildman–Crippen LogP) is 2.77. The Morgan fingerprint density at radius 3 is 2.96 bits per heavy atom. The molecule has 0 amide bonds. The van der Waals surface area contributed by atoms with E-state index in [0.717, 1.165) is 6.54 Å². The van der Waals surface area contributed by atoms with Gasteiger partial charge in [0.25, 0.3) is 0 Å². The number of aromatic nitrogens is 1. The predicted molar refractivity (Wildman–Crippen MR) is 97.2 cm³/mol. The molecule has 1 saturated heterocycles. The molecule has 25 heavy (non-hydrogen) atoms. The number of thiazole rings is 1. The first kappa shape index (κ1) is 16.7. The fourth-order valence-electron chi connectivity index (χ4n) is 3.41. The Hall–Kier alpha value is -1.77. The number of hydrogen-bond donors (Lipinski definition) is 1. The minimum atomic E-state index is -3.58. The average Bonchev–Trinajstić information content (AvgIpc) is 3.17. The highest BCUT2D eigenvalue weighted by Crippen LogP contribution is 2.41. The van der Waals surface area contributed by atoms with Crippen molar-refractivity contribution in [2.75, 3.05) is 25.5 Å². The molecule has 2 aromatic rings. The van der Waals surface area contributed by atoms with E-state index in [4.69, 9.17) is 0 Å². The summed E-state index contributed by atoms with van der Waals surface area (Å²) in [6.07, 6.45) is -0.405. The van der Waals surface area contributed by atoms with E-state index in [1.807, 2.05) is 17.3 Å². The van der Waals surface area contributed by atoms with Gasteiger partial charge in [-0.15, -0.1) is 11.3 Å². The zero-order chi connectivity index (χ0) is 17.6. The molecule has 4 rings (SSSR count). The zero-order valence-electron chi connectivity index (χ0n) is 13.6. The third-order valence-corrected chi connectivity index (χ3v) is 6.80. The normalized spacial score (nSPS) is 25.4. The number of alkyl halides is 1. The topological polar surface area (TPSA) is 62.3 Å². The van der Waals surface area contributed by atoms with Gasteiger partial charge < -0.3 is 10.2 Å². The Balaban J connectivity index is 1.72. The minimum absolute atomic E-state index is 0.226. The molecule has 5 nitrogen and oxygen atoms in total. The first-order valence-electron chi connectivity index (χ1n) is 8.03. The van der Waals surface area contributed by atoms with E-state index in [2.05, 4.69) is 10.3 Å². The number of likely N-dealkylation sites (tertiary alicyclic amines) is 1. The van der Waals surface area contributed by atoms with Crippen molar-refractivity contribution in [3.05, 3.63) is 45.8 Å². The summed E-state index contributed by atoms with van der Waals surface area (Å²) in [6, 6.07) is 4.89. The number of piperidine rings is 1. The molecule has 0 spiro atoms. The maximum atomic E-state index is 14.4. The first-order chi connectivity index (χ1) is 12.0. The lowest BCUT2D eigenvalue weighted by atomic mass is 10.0. The van der Waals surface area contributed by atoms with Gasteiger partial charge in [-0.3, -0.25) is 0 Å². The van der Waals surface area contributed by atoms with Gasteiger partial charge in [0.05, 0.1) is 22.9 Å². The van der Waals surface area contributed by atoms with E-state index in [1.165, 1.54) is 16.7 Å². The molecule has 1 aromatic heterocycles. The van der Waals surface area contributed by atoms with Crippen molar-refractivity contribution >= 4 is 32.4 Å². The molecule has 0 saturated carbocycles. The van der Waals surface area contributed by atoms with Crippen molar-refractivity contribution in [1.29, 1.82) is 0 Å². The van der Waals surface area contributed by atoms with Crippen LogP contribution in [-0.2, 0) is 9.84 Å². The molecule has 0 radical (unpaired) electrons. The van der Waals surface area contributed by atoms with Crippen molar-refractivity contribution in [2.45, 2.75) is 23.5 Å². The summed E-state index contributed by atoms with van der Waals surface area (Å²) in [6.45, 7) is 1.13. The van der Waals surface area contributed by atoms with Crippen LogP contribution in [0.3, 0.4) is 0 Å². The highest BCUT2D eigenvalue weighted by molar-refractivity contribution is 7.95. The van der Waals surface area contributed by atoms with Gasteiger partial charge in [0.15, 0.2) is 0 Å². The van der Waals surface area contributed by atoms with Crippen LogP contribution in [0, 0.1) is 0 Å². The monoisotopic (exact) mass is 379 g/mol. The molecule has 3 heterocycles. The molecule has 8 heteroatoms. The molecule has 2 aliphatic rings. The molecule has 132 valence electrons. The standard InChI is InChI=1S/C17H18FN3O2S2/c1-21-6-5-14(13(18)7-21)20-15-4-2-3-11-12(16-8-24-10-19-16)9-25(22,23)17(11)15/h2-4,8-10,13-14,20H,5-7H2,1H3/t13-,14-/m0/s1. The van der Waals surface area contributed by atoms with Crippen LogP contribution in [0.4, 0.5) is 10.1 Å². The number of hydrogen-bond acceptors (Lipinski definition) is 6. The first-order valence-corrected chi connectivity index (χ1v) is 10.5. The van der Waals surface area contributed by atoms with E-state index in [9.17, 15) is 12.8 Å². The van der Waals surface area contributed by atoms with Crippen LogP contribution in [-0.4, -0.2) is 50.7 Å². The summed E-state index contributed by atoms with van der Waals surface area (Å²) in [7, 11) is -1.70. The maximum Gasteiger partial charge on any atom is 0.203 e. The maximum absolute atomic E-state index is 14.4. The summed E-state index contributed by atoms with van der Waals surface area (Å²) in [5.74, 6) is 0. The molecule has 1 fully saturated rings. The van der Waals surface area contributed by atoms with Crippen molar-refractivity contribution in [3.63, 3.8) is 0 Å². The zero-order valence-corrected chi connectivity index (χ0v) is 15.3. The van der Waals surface area contributed by atoms with Crippen LogP contribution < -0.4 is 5.32 Å². The van der Waals surface area contributed by atoms with Crippen molar-refractivity contribution in [1.82, 2.24) is 9.88 Å². The second kappa shape index (κ2) is 6.19. The van der Waals surface area contributed by atoms with E-state index >= 15 is 0 Å². The van der Waals surface area contributed by atoms with Gasteiger partial charge in [-0.05, 0) is 19.5 Å². The van der Waals surface area contributed by atoms with Gasteiger partial charge >= 0.3 is 0 Å². The van der Waals surface area contributed by atoms with Gasteiger partial charge in [-0.2, -0.15) is 0 Å². The van der Waals surface area contributed by atoms with E-state index in [0.29, 0.717) is 35.5 Å². The molecule has 2 aliphatic heterocycles. The van der Waals surface area contributed by atoms with E-state index in [-0.39, 0.29) is 10.9 Å². The smallest absolute Gasteiger partial charge is 0.203 e. The lowest BCUT2D eigenvalue weighted by molar-refractivity contribution is 0.149. The summed E-state index contributed by atoms with van der Waals surface area (Å²) in [4.78, 5) is 6.40. The number of sulfone groups is 1. The summed E-state index contributed by atoms with van der Waals surface area (Å²) in [5, 5.41) is 6.23. The summed E-state index contributed by atoms with van der Waals surface area (Å²) < 4.78 is 39.8. The van der Waals surface area contributed by atoms with Crippen molar-refractivity contribution < 1.29 is 12.8 Å². The molecule has 0 unspecified atom stereocenters. The number of halogens is 1. The largest absolute Gasteiger partial charge is 0.378 e. The second-order valence-electron chi connectivity index (χ2n) is 6.45. The number of benzene rings is 1. The van der Waals surface area contributed by atoms with Crippen LogP contribution in [0.15, 0.2) is 39.4 Å². The number of nitrogens with zero attached hydrogens (tertiary/aromatic N) is 2.